The molecule has 1 amide bonds. The summed E-state index contributed by atoms with van der Waals surface area (Å²) in [5.41, 5.74) is 0.206. The first-order valence-electron chi connectivity index (χ1n) is 6.62. The van der Waals surface area contributed by atoms with Crippen LogP contribution >= 0.6 is 0 Å². The summed E-state index contributed by atoms with van der Waals surface area (Å²) >= 11 is 0. The van der Waals surface area contributed by atoms with Gasteiger partial charge in [-0.25, -0.2) is 0 Å². The largest absolute Gasteiger partial charge is 0.342 e. The first kappa shape index (κ1) is 14.5. The molecule has 0 aliphatic carbocycles. The van der Waals surface area contributed by atoms with Crippen molar-refractivity contribution in [2.45, 2.75) is 45.7 Å². The van der Waals surface area contributed by atoms with Crippen LogP contribution < -0.4 is 5.32 Å². The summed E-state index contributed by atoms with van der Waals surface area (Å²) in [6, 6.07) is 0.476. The minimum atomic E-state index is 0.206. The molecule has 0 aromatic carbocycles. The minimum absolute atomic E-state index is 0.206. The number of hydrogen-bond acceptors (Lipinski definition) is 3. The number of likely N-dealkylation sites (N-methyl/N-ethyl adjacent to an activating group) is 2. The van der Waals surface area contributed by atoms with Gasteiger partial charge in [-0.15, -0.1) is 0 Å². The predicted molar refractivity (Wildman–Crippen MR) is 71.0 cm³/mol. The van der Waals surface area contributed by atoms with Crippen LogP contribution in [0.4, 0.5) is 0 Å². The monoisotopic (exact) mass is 241 g/mol. The fraction of sp³-hybridized carbons (Fsp3) is 0.923. The second-order valence-corrected chi connectivity index (χ2v) is 5.60. The van der Waals surface area contributed by atoms with Crippen molar-refractivity contribution in [2.75, 3.05) is 33.2 Å². The van der Waals surface area contributed by atoms with E-state index in [0.717, 1.165) is 26.1 Å². The van der Waals surface area contributed by atoms with Crippen molar-refractivity contribution < 1.29 is 4.79 Å². The molecule has 0 radical (unpaired) electrons. The van der Waals surface area contributed by atoms with E-state index < -0.39 is 0 Å². The summed E-state index contributed by atoms with van der Waals surface area (Å²) in [5.74, 6) is 0.238. The van der Waals surface area contributed by atoms with E-state index in [9.17, 15) is 4.79 Å². The van der Waals surface area contributed by atoms with Crippen LogP contribution in [0.15, 0.2) is 0 Å². The highest BCUT2D eigenvalue weighted by Crippen LogP contribution is 2.21. The second-order valence-electron chi connectivity index (χ2n) is 5.60. The molecule has 4 nitrogen and oxygen atoms in total. The molecule has 1 rings (SSSR count). The zero-order chi connectivity index (χ0) is 13.1. The maximum atomic E-state index is 12.0. The van der Waals surface area contributed by atoms with Gasteiger partial charge in [0.25, 0.3) is 0 Å². The second kappa shape index (κ2) is 5.83. The van der Waals surface area contributed by atoms with E-state index in [-0.39, 0.29) is 11.4 Å². The maximum Gasteiger partial charge on any atom is 0.236 e. The highest BCUT2D eigenvalue weighted by molar-refractivity contribution is 5.78. The van der Waals surface area contributed by atoms with Gasteiger partial charge in [0.1, 0.15) is 0 Å². The van der Waals surface area contributed by atoms with Gasteiger partial charge in [0.2, 0.25) is 5.91 Å². The molecule has 1 heterocycles. The summed E-state index contributed by atoms with van der Waals surface area (Å²) in [5, 5.41) is 3.49. The number of carbonyl (C=O) groups excluding carboxylic acids is 1. The number of amides is 1. The van der Waals surface area contributed by atoms with Crippen LogP contribution in [0, 0.1) is 0 Å². The van der Waals surface area contributed by atoms with Gasteiger partial charge in [-0.3, -0.25) is 9.69 Å². The Bertz CT molecular complexity index is 261. The van der Waals surface area contributed by atoms with Crippen LogP contribution in [0.5, 0.6) is 0 Å². The molecule has 1 atom stereocenters. The fourth-order valence-electron chi connectivity index (χ4n) is 2.46. The summed E-state index contributed by atoms with van der Waals surface area (Å²) in [7, 11) is 2.05. The molecule has 1 saturated heterocycles. The molecule has 0 saturated carbocycles. The number of rotatable bonds is 5. The molecule has 1 aliphatic rings. The third kappa shape index (κ3) is 3.96. The van der Waals surface area contributed by atoms with Gasteiger partial charge in [0.05, 0.1) is 6.54 Å². The van der Waals surface area contributed by atoms with E-state index in [4.69, 9.17) is 0 Å². The molecule has 17 heavy (non-hydrogen) atoms. The highest BCUT2D eigenvalue weighted by Gasteiger charge is 2.33. The third-order valence-electron chi connectivity index (χ3n) is 3.69. The molecule has 0 bridgehead atoms. The topological polar surface area (TPSA) is 35.6 Å². The van der Waals surface area contributed by atoms with Crippen LogP contribution in [0.3, 0.4) is 0 Å². The lowest BCUT2D eigenvalue weighted by Gasteiger charge is -2.27. The third-order valence-corrected chi connectivity index (χ3v) is 3.69. The highest BCUT2D eigenvalue weighted by atomic mass is 16.2. The minimum Gasteiger partial charge on any atom is -0.342 e. The van der Waals surface area contributed by atoms with Crippen molar-refractivity contribution in [2.24, 2.45) is 0 Å². The molecule has 0 aromatic heterocycles. The smallest absolute Gasteiger partial charge is 0.236 e. The Balaban J connectivity index is 2.44. The SMILES string of the molecule is CCN(CC)C(=O)CN(C)C1CNC(C)(C)C1. The Morgan fingerprint density at radius 2 is 1.94 bits per heavy atom. The number of hydrogen-bond donors (Lipinski definition) is 1. The van der Waals surface area contributed by atoms with Crippen molar-refractivity contribution in [3.63, 3.8) is 0 Å². The molecule has 4 heteroatoms. The summed E-state index contributed by atoms with van der Waals surface area (Å²) in [6.45, 7) is 11.6. The van der Waals surface area contributed by atoms with E-state index in [1.165, 1.54) is 0 Å². The average Bonchev–Trinajstić information content (AvgIpc) is 2.60. The van der Waals surface area contributed by atoms with Gasteiger partial charge in [0.15, 0.2) is 0 Å². The quantitative estimate of drug-likeness (QED) is 0.778. The summed E-state index contributed by atoms with van der Waals surface area (Å²) in [4.78, 5) is 16.1. The lowest BCUT2D eigenvalue weighted by atomic mass is 10.0. The summed E-state index contributed by atoms with van der Waals surface area (Å²) in [6.07, 6.45) is 1.11. The van der Waals surface area contributed by atoms with Crippen LogP contribution in [0.2, 0.25) is 0 Å². The van der Waals surface area contributed by atoms with Gasteiger partial charge in [-0.1, -0.05) is 0 Å². The maximum absolute atomic E-state index is 12.0. The first-order chi connectivity index (χ1) is 7.89. The van der Waals surface area contributed by atoms with Gasteiger partial charge < -0.3 is 10.2 Å². The van der Waals surface area contributed by atoms with E-state index in [1.807, 2.05) is 18.7 Å². The molecule has 0 spiro atoms. The van der Waals surface area contributed by atoms with Crippen molar-refractivity contribution in [3.8, 4) is 0 Å². The zero-order valence-corrected chi connectivity index (χ0v) is 11.9. The zero-order valence-electron chi connectivity index (χ0n) is 11.9. The van der Waals surface area contributed by atoms with Gasteiger partial charge in [0, 0.05) is 31.2 Å². The van der Waals surface area contributed by atoms with Crippen molar-refractivity contribution >= 4 is 5.91 Å². The van der Waals surface area contributed by atoms with Gasteiger partial charge in [-0.2, -0.15) is 0 Å². The molecular formula is C13H27N3O. The Kier molecular flexibility index (Phi) is 4.95. The Labute approximate surface area is 105 Å². The lowest BCUT2D eigenvalue weighted by Crippen LogP contribution is -2.43. The van der Waals surface area contributed by atoms with Crippen molar-refractivity contribution in [1.29, 1.82) is 0 Å². The molecule has 100 valence electrons. The Hall–Kier alpha value is -0.610. The number of carbonyl (C=O) groups is 1. The standard InChI is InChI=1S/C13H27N3O/c1-6-16(7-2)12(17)10-15(5)11-8-13(3,4)14-9-11/h11,14H,6-10H2,1-5H3. The molecule has 1 aliphatic heterocycles. The van der Waals surface area contributed by atoms with E-state index in [1.54, 1.807) is 0 Å². The van der Waals surface area contributed by atoms with Gasteiger partial charge in [-0.05, 0) is 41.2 Å². The van der Waals surface area contributed by atoms with Crippen LogP contribution in [0.1, 0.15) is 34.1 Å². The first-order valence-corrected chi connectivity index (χ1v) is 6.62. The van der Waals surface area contributed by atoms with Crippen molar-refractivity contribution in [1.82, 2.24) is 15.1 Å². The van der Waals surface area contributed by atoms with Crippen LogP contribution in [-0.2, 0) is 4.79 Å². The average molecular weight is 241 g/mol. The molecule has 1 fully saturated rings. The van der Waals surface area contributed by atoms with Gasteiger partial charge >= 0.3 is 0 Å². The molecule has 0 aromatic rings. The summed E-state index contributed by atoms with van der Waals surface area (Å²) < 4.78 is 0. The number of nitrogens with zero attached hydrogens (tertiary/aromatic N) is 2. The normalized spacial score (nSPS) is 23.1. The molecule has 1 N–H and O–H groups in total. The molecule has 1 unspecified atom stereocenters. The van der Waals surface area contributed by atoms with E-state index in [2.05, 4.69) is 31.1 Å². The Morgan fingerprint density at radius 1 is 1.35 bits per heavy atom. The number of nitrogens with one attached hydrogen (secondary N) is 1. The lowest BCUT2D eigenvalue weighted by molar-refractivity contribution is -0.132. The van der Waals surface area contributed by atoms with Crippen LogP contribution in [0.25, 0.3) is 0 Å². The Morgan fingerprint density at radius 3 is 2.35 bits per heavy atom. The van der Waals surface area contributed by atoms with E-state index >= 15 is 0 Å². The van der Waals surface area contributed by atoms with Crippen LogP contribution in [-0.4, -0.2) is 60.5 Å². The predicted octanol–water partition coefficient (Wildman–Crippen LogP) is 0.927. The fourth-order valence-corrected chi connectivity index (χ4v) is 2.46. The van der Waals surface area contributed by atoms with Crippen molar-refractivity contribution in [3.05, 3.63) is 0 Å². The molecular weight excluding hydrogens is 214 g/mol. The van der Waals surface area contributed by atoms with E-state index in [0.29, 0.717) is 12.6 Å².